The Kier molecular flexibility index (Phi) is 8.05. The van der Waals surface area contributed by atoms with Crippen LogP contribution < -0.4 is 10.1 Å². The highest BCUT2D eigenvalue weighted by molar-refractivity contribution is 7.90. The molecule has 4 rings (SSSR count). The molecule has 1 aliphatic rings. The minimum atomic E-state index is -4.42. The van der Waals surface area contributed by atoms with Crippen LogP contribution in [-0.4, -0.2) is 37.6 Å². The molecule has 1 saturated carbocycles. The van der Waals surface area contributed by atoms with Crippen LogP contribution in [0.4, 0.5) is 17.6 Å². The van der Waals surface area contributed by atoms with Crippen LogP contribution in [0.15, 0.2) is 59.9 Å². The van der Waals surface area contributed by atoms with Gasteiger partial charge in [0.2, 0.25) is 0 Å². The molecule has 0 aliphatic heterocycles. The summed E-state index contributed by atoms with van der Waals surface area (Å²) < 4.78 is 85.8. The van der Waals surface area contributed by atoms with Gasteiger partial charge in [-0.3, -0.25) is 0 Å². The Morgan fingerprint density at radius 3 is 2.62 bits per heavy atom. The van der Waals surface area contributed by atoms with Crippen molar-refractivity contribution in [1.82, 2.24) is 15.3 Å². The average Bonchev–Trinajstić information content (AvgIpc) is 2.86. The summed E-state index contributed by atoms with van der Waals surface area (Å²) >= 11 is 6.30. The summed E-state index contributed by atoms with van der Waals surface area (Å²) in [5.74, 6) is -1.67. The van der Waals surface area contributed by atoms with Gasteiger partial charge < -0.3 is 10.1 Å². The fourth-order valence-electron chi connectivity index (χ4n) is 4.54. The first-order valence-electron chi connectivity index (χ1n) is 11.5. The summed E-state index contributed by atoms with van der Waals surface area (Å²) in [5.41, 5.74) is 0.109. The van der Waals surface area contributed by atoms with Gasteiger partial charge in [-0.15, -0.1) is 0 Å². The molecule has 0 saturated heterocycles. The van der Waals surface area contributed by atoms with Crippen molar-refractivity contribution in [3.05, 3.63) is 82.6 Å². The number of ether oxygens (including phenoxy) is 1. The number of sulfone groups is 1. The maximum Gasteiger partial charge on any atom is 0.416 e. The van der Waals surface area contributed by atoms with Crippen LogP contribution >= 0.6 is 11.6 Å². The Morgan fingerprint density at radius 2 is 1.95 bits per heavy atom. The minimum Gasteiger partial charge on any atom is -0.487 e. The maximum atomic E-state index is 14.9. The fourth-order valence-corrected chi connectivity index (χ4v) is 6.18. The Bertz CT molecular complexity index is 1360. The van der Waals surface area contributed by atoms with E-state index in [1.165, 1.54) is 30.7 Å². The molecule has 0 amide bonds. The van der Waals surface area contributed by atoms with Gasteiger partial charge in [0.05, 0.1) is 22.0 Å². The largest absolute Gasteiger partial charge is 0.487 e. The van der Waals surface area contributed by atoms with Crippen molar-refractivity contribution >= 4 is 21.4 Å². The van der Waals surface area contributed by atoms with Crippen LogP contribution in [0.1, 0.15) is 42.0 Å². The molecule has 2 aromatic carbocycles. The zero-order valence-corrected chi connectivity index (χ0v) is 21.2. The molecule has 0 unspecified atom stereocenters. The van der Waals surface area contributed by atoms with Gasteiger partial charge in [-0.1, -0.05) is 29.8 Å². The number of hydrogen-bond donors (Lipinski definition) is 1. The zero-order chi connectivity index (χ0) is 26.8. The number of nitrogens with one attached hydrogen (secondary N) is 1. The third-order valence-corrected chi connectivity index (χ3v) is 8.38. The van der Waals surface area contributed by atoms with Crippen LogP contribution in [0.25, 0.3) is 0 Å². The first-order chi connectivity index (χ1) is 17.5. The SMILES string of the molecule is CN[C@H]1C[C@@H](c2cccc(C(F)(F)F)c2)CC[C@@H]1Oc1cc(F)c(S(=O)(=O)Cc2ccncn2)cc1Cl. The van der Waals surface area contributed by atoms with Gasteiger partial charge in [-0.2, -0.15) is 13.2 Å². The van der Waals surface area contributed by atoms with Crippen molar-refractivity contribution in [2.75, 3.05) is 7.05 Å². The van der Waals surface area contributed by atoms with Crippen LogP contribution in [0, 0.1) is 5.82 Å². The summed E-state index contributed by atoms with van der Waals surface area (Å²) in [6.07, 6.45) is -0.772. The Hall–Kier alpha value is -2.76. The summed E-state index contributed by atoms with van der Waals surface area (Å²) in [5, 5.41) is 3.05. The summed E-state index contributed by atoms with van der Waals surface area (Å²) in [6, 6.07) is 8.42. The standard InChI is InChI=1S/C25H24ClF4N3O3S/c1-31-21-10-16(15-3-2-4-17(9-15)25(28,29)30)5-6-22(21)36-23-12-20(27)24(11-19(23)26)37(34,35)13-18-7-8-32-14-33-18/h2-4,7-9,11-12,14,16,21-22,31H,5-6,10,13H2,1H3/t16-,21-,22-/m0/s1. The Balaban J connectivity index is 1.49. The van der Waals surface area contributed by atoms with Gasteiger partial charge >= 0.3 is 6.18 Å². The van der Waals surface area contributed by atoms with Crippen LogP contribution in [-0.2, 0) is 21.8 Å². The van der Waals surface area contributed by atoms with Gasteiger partial charge in [-0.25, -0.2) is 22.8 Å². The fraction of sp³-hybridized carbons (Fsp3) is 0.360. The Morgan fingerprint density at radius 1 is 1.16 bits per heavy atom. The van der Waals surface area contributed by atoms with E-state index < -0.39 is 44.1 Å². The van der Waals surface area contributed by atoms with E-state index in [1.807, 2.05) is 0 Å². The van der Waals surface area contributed by atoms with Gasteiger partial charge in [0.15, 0.2) is 9.84 Å². The van der Waals surface area contributed by atoms with Crippen molar-refractivity contribution < 1.29 is 30.7 Å². The van der Waals surface area contributed by atoms with Gasteiger partial charge in [0.25, 0.3) is 0 Å². The predicted molar refractivity (Wildman–Crippen MR) is 130 cm³/mol. The third kappa shape index (κ3) is 6.39. The van der Waals surface area contributed by atoms with Crippen LogP contribution in [0.2, 0.25) is 5.02 Å². The van der Waals surface area contributed by atoms with Crippen molar-refractivity contribution in [2.24, 2.45) is 0 Å². The number of halogens is 5. The highest BCUT2D eigenvalue weighted by Gasteiger charge is 2.35. The molecule has 3 atom stereocenters. The second-order valence-corrected chi connectivity index (χ2v) is 11.2. The molecule has 3 aromatic rings. The lowest BCUT2D eigenvalue weighted by atomic mass is 9.79. The number of hydrogen-bond acceptors (Lipinski definition) is 6. The van der Waals surface area contributed by atoms with E-state index in [0.717, 1.165) is 18.2 Å². The van der Waals surface area contributed by atoms with E-state index in [4.69, 9.17) is 16.3 Å². The smallest absolute Gasteiger partial charge is 0.416 e. The maximum absolute atomic E-state index is 14.9. The van der Waals surface area contributed by atoms with E-state index in [1.54, 1.807) is 13.1 Å². The number of rotatable bonds is 7. The molecule has 37 heavy (non-hydrogen) atoms. The molecule has 1 N–H and O–H groups in total. The molecular formula is C25H24ClF4N3O3S. The number of nitrogens with zero attached hydrogens (tertiary/aromatic N) is 2. The number of likely N-dealkylation sites (N-methyl/N-ethyl adjacent to an activating group) is 1. The monoisotopic (exact) mass is 557 g/mol. The van der Waals surface area contributed by atoms with E-state index in [0.29, 0.717) is 24.8 Å². The molecular weight excluding hydrogens is 534 g/mol. The molecule has 1 fully saturated rings. The van der Waals surface area contributed by atoms with Crippen LogP contribution in [0.3, 0.4) is 0 Å². The molecule has 198 valence electrons. The van der Waals surface area contributed by atoms with Gasteiger partial charge in [0.1, 0.15) is 28.9 Å². The van der Waals surface area contributed by atoms with Crippen molar-refractivity contribution in [1.29, 1.82) is 0 Å². The topological polar surface area (TPSA) is 81.2 Å². The zero-order valence-electron chi connectivity index (χ0n) is 19.7. The first kappa shape index (κ1) is 27.3. The first-order valence-corrected chi connectivity index (χ1v) is 13.5. The lowest BCUT2D eigenvalue weighted by Gasteiger charge is -2.36. The predicted octanol–water partition coefficient (Wildman–Crippen LogP) is 5.56. The van der Waals surface area contributed by atoms with E-state index in [2.05, 4.69) is 15.3 Å². The van der Waals surface area contributed by atoms with Crippen molar-refractivity contribution in [2.45, 2.75) is 54.2 Å². The number of benzene rings is 2. The highest BCUT2D eigenvalue weighted by atomic mass is 35.5. The highest BCUT2D eigenvalue weighted by Crippen LogP contribution is 2.39. The van der Waals surface area contributed by atoms with Crippen molar-refractivity contribution in [3.8, 4) is 5.75 Å². The lowest BCUT2D eigenvalue weighted by molar-refractivity contribution is -0.137. The van der Waals surface area contributed by atoms with E-state index in [9.17, 15) is 26.0 Å². The number of aromatic nitrogens is 2. The summed E-state index contributed by atoms with van der Waals surface area (Å²) in [7, 11) is -2.37. The molecule has 6 nitrogen and oxygen atoms in total. The molecule has 0 spiro atoms. The molecule has 0 bridgehead atoms. The average molecular weight is 558 g/mol. The van der Waals surface area contributed by atoms with Crippen molar-refractivity contribution in [3.63, 3.8) is 0 Å². The summed E-state index contributed by atoms with van der Waals surface area (Å²) in [6.45, 7) is 0. The van der Waals surface area contributed by atoms with Gasteiger partial charge in [0, 0.05) is 18.3 Å². The molecule has 1 aromatic heterocycles. The van der Waals surface area contributed by atoms with Gasteiger partial charge in [-0.05, 0) is 56.0 Å². The molecule has 1 heterocycles. The Labute approximate surface area is 217 Å². The second kappa shape index (κ2) is 10.9. The molecule has 1 aliphatic carbocycles. The minimum absolute atomic E-state index is 0.0112. The van der Waals surface area contributed by atoms with E-state index in [-0.39, 0.29) is 28.4 Å². The quantitative estimate of drug-likeness (QED) is 0.383. The van der Waals surface area contributed by atoms with Crippen LogP contribution in [0.5, 0.6) is 5.75 Å². The third-order valence-electron chi connectivity index (χ3n) is 6.42. The summed E-state index contributed by atoms with van der Waals surface area (Å²) in [4.78, 5) is 7.03. The normalized spacial score (nSPS) is 20.5. The molecule has 12 heteroatoms. The molecule has 0 radical (unpaired) electrons. The second-order valence-electron chi connectivity index (χ2n) is 8.86. The lowest BCUT2D eigenvalue weighted by Crippen LogP contribution is -2.45. The van der Waals surface area contributed by atoms with E-state index >= 15 is 0 Å². The number of alkyl halides is 3.